The molecule has 0 aromatic rings. The van der Waals surface area contributed by atoms with Gasteiger partial charge in [0.05, 0.1) is 12.2 Å². The molecule has 0 bridgehead atoms. The fraction of sp³-hybridized carbons (Fsp3) is 0.667. The zero-order valence-electron chi connectivity index (χ0n) is 9.27. The third-order valence-electron chi connectivity index (χ3n) is 2.21. The molecule has 2 heteroatoms. The van der Waals surface area contributed by atoms with Gasteiger partial charge in [0.1, 0.15) is 6.17 Å². The van der Waals surface area contributed by atoms with Gasteiger partial charge >= 0.3 is 0 Å². The molecule has 1 aliphatic rings. The summed E-state index contributed by atoms with van der Waals surface area (Å²) in [6, 6.07) is 0. The van der Waals surface area contributed by atoms with Crippen LogP contribution in [0.5, 0.6) is 0 Å². The predicted octanol–water partition coefficient (Wildman–Crippen LogP) is 3.42. The third-order valence-corrected chi connectivity index (χ3v) is 2.21. The molecule has 1 nitrogen and oxygen atoms in total. The van der Waals surface area contributed by atoms with Gasteiger partial charge < -0.3 is 4.74 Å². The summed E-state index contributed by atoms with van der Waals surface area (Å²) in [6.07, 6.45) is 2.21. The number of alkyl halides is 1. The van der Waals surface area contributed by atoms with E-state index in [1.807, 2.05) is 26.8 Å². The molecule has 1 rings (SSSR count). The Bertz CT molecular complexity index is 248. The van der Waals surface area contributed by atoms with Gasteiger partial charge in [-0.3, -0.25) is 0 Å². The molecule has 0 aliphatic heterocycles. The van der Waals surface area contributed by atoms with Crippen molar-refractivity contribution in [1.82, 2.24) is 0 Å². The minimum atomic E-state index is -0.733. The standard InChI is InChI=1S/C12H19FO/c1-9-7-11(13)8-10(9)5-6-14-12(2,3)4/h5,11H,1,6-8H2,2-4H3/b10-5-/t11-/m1/s1. The molecular formula is C12H19FO. The maximum absolute atomic E-state index is 12.9. The minimum Gasteiger partial charge on any atom is -0.372 e. The van der Waals surface area contributed by atoms with E-state index in [4.69, 9.17) is 4.74 Å². The SMILES string of the molecule is C=C1C[C@@H](F)C/C1=C/COC(C)(C)C. The van der Waals surface area contributed by atoms with Gasteiger partial charge in [0.25, 0.3) is 0 Å². The second-order valence-corrected chi connectivity index (χ2v) is 4.76. The summed E-state index contributed by atoms with van der Waals surface area (Å²) in [6.45, 7) is 10.4. The summed E-state index contributed by atoms with van der Waals surface area (Å²) in [5, 5.41) is 0. The van der Waals surface area contributed by atoms with Crippen LogP contribution >= 0.6 is 0 Å². The first-order chi connectivity index (χ1) is 6.38. The fourth-order valence-corrected chi connectivity index (χ4v) is 1.47. The second kappa shape index (κ2) is 4.26. The van der Waals surface area contributed by atoms with Crippen molar-refractivity contribution in [3.63, 3.8) is 0 Å². The topological polar surface area (TPSA) is 9.23 Å². The largest absolute Gasteiger partial charge is 0.372 e. The average molecular weight is 198 g/mol. The van der Waals surface area contributed by atoms with E-state index >= 15 is 0 Å². The van der Waals surface area contributed by atoms with Crippen molar-refractivity contribution in [2.75, 3.05) is 6.61 Å². The highest BCUT2D eigenvalue weighted by Crippen LogP contribution is 2.31. The van der Waals surface area contributed by atoms with Crippen LogP contribution in [0.3, 0.4) is 0 Å². The molecule has 0 heterocycles. The van der Waals surface area contributed by atoms with Gasteiger partial charge in [-0.1, -0.05) is 12.7 Å². The van der Waals surface area contributed by atoms with Gasteiger partial charge in [-0.15, -0.1) is 0 Å². The Morgan fingerprint density at radius 3 is 2.57 bits per heavy atom. The van der Waals surface area contributed by atoms with Crippen molar-refractivity contribution in [1.29, 1.82) is 0 Å². The fourth-order valence-electron chi connectivity index (χ4n) is 1.47. The molecule has 80 valence electrons. The Morgan fingerprint density at radius 2 is 2.14 bits per heavy atom. The molecule has 1 aliphatic carbocycles. The molecule has 0 aromatic carbocycles. The highest BCUT2D eigenvalue weighted by Gasteiger charge is 2.21. The van der Waals surface area contributed by atoms with E-state index in [-0.39, 0.29) is 5.60 Å². The third kappa shape index (κ3) is 3.62. The highest BCUT2D eigenvalue weighted by atomic mass is 19.1. The van der Waals surface area contributed by atoms with Crippen LogP contribution in [0.1, 0.15) is 33.6 Å². The Hall–Kier alpha value is -0.630. The first-order valence-corrected chi connectivity index (χ1v) is 5.04. The smallest absolute Gasteiger partial charge is 0.108 e. The molecule has 1 fully saturated rings. The van der Waals surface area contributed by atoms with Crippen LogP contribution in [-0.2, 0) is 4.74 Å². The number of allylic oxidation sites excluding steroid dienone is 2. The zero-order chi connectivity index (χ0) is 10.8. The molecule has 14 heavy (non-hydrogen) atoms. The van der Waals surface area contributed by atoms with Crippen molar-refractivity contribution in [2.24, 2.45) is 0 Å². The first kappa shape index (κ1) is 11.4. The molecule has 0 N–H and O–H groups in total. The highest BCUT2D eigenvalue weighted by molar-refractivity contribution is 5.34. The normalized spacial score (nSPS) is 26.1. The average Bonchev–Trinajstić information content (AvgIpc) is 2.27. The number of ether oxygens (including phenoxy) is 1. The Balaban J connectivity index is 2.42. The van der Waals surface area contributed by atoms with Gasteiger partial charge in [0.2, 0.25) is 0 Å². The minimum absolute atomic E-state index is 0.133. The molecule has 1 atom stereocenters. The van der Waals surface area contributed by atoms with Crippen LogP contribution in [0.2, 0.25) is 0 Å². The van der Waals surface area contributed by atoms with Gasteiger partial charge in [-0.05, 0) is 31.9 Å². The van der Waals surface area contributed by atoms with Gasteiger partial charge in [0, 0.05) is 12.8 Å². The van der Waals surface area contributed by atoms with Gasteiger partial charge in [-0.25, -0.2) is 4.39 Å². The second-order valence-electron chi connectivity index (χ2n) is 4.76. The van der Waals surface area contributed by atoms with E-state index in [1.54, 1.807) is 0 Å². The van der Waals surface area contributed by atoms with E-state index in [2.05, 4.69) is 6.58 Å². The molecule has 0 amide bonds. The summed E-state index contributed by atoms with van der Waals surface area (Å²) in [5.41, 5.74) is 1.82. The van der Waals surface area contributed by atoms with Crippen molar-refractivity contribution in [3.05, 3.63) is 23.8 Å². The molecule has 0 saturated heterocycles. The Morgan fingerprint density at radius 1 is 1.50 bits per heavy atom. The van der Waals surface area contributed by atoms with E-state index < -0.39 is 6.17 Å². The van der Waals surface area contributed by atoms with Crippen LogP contribution < -0.4 is 0 Å². The molecule has 0 unspecified atom stereocenters. The lowest BCUT2D eigenvalue weighted by molar-refractivity contribution is 0.0147. The number of rotatable bonds is 2. The quantitative estimate of drug-likeness (QED) is 0.660. The van der Waals surface area contributed by atoms with Gasteiger partial charge in [-0.2, -0.15) is 0 Å². The van der Waals surface area contributed by atoms with Crippen molar-refractivity contribution >= 4 is 0 Å². The van der Waals surface area contributed by atoms with Crippen molar-refractivity contribution < 1.29 is 9.13 Å². The molecule has 0 radical (unpaired) electrons. The summed E-state index contributed by atoms with van der Waals surface area (Å²) in [7, 11) is 0. The lowest BCUT2D eigenvalue weighted by atomic mass is 10.1. The van der Waals surface area contributed by atoms with E-state index in [1.165, 1.54) is 0 Å². The number of halogens is 1. The van der Waals surface area contributed by atoms with E-state index in [0.29, 0.717) is 19.4 Å². The number of hydrogen-bond acceptors (Lipinski definition) is 1. The van der Waals surface area contributed by atoms with Crippen LogP contribution in [0.15, 0.2) is 23.8 Å². The predicted molar refractivity (Wildman–Crippen MR) is 57.1 cm³/mol. The van der Waals surface area contributed by atoms with Crippen LogP contribution in [0.4, 0.5) is 4.39 Å². The molecule has 1 saturated carbocycles. The van der Waals surface area contributed by atoms with Crippen molar-refractivity contribution in [3.8, 4) is 0 Å². The van der Waals surface area contributed by atoms with Crippen LogP contribution in [-0.4, -0.2) is 18.4 Å². The number of hydrogen-bond donors (Lipinski definition) is 0. The van der Waals surface area contributed by atoms with Crippen molar-refractivity contribution in [2.45, 2.75) is 45.4 Å². The van der Waals surface area contributed by atoms with Crippen LogP contribution in [0.25, 0.3) is 0 Å². The van der Waals surface area contributed by atoms with E-state index in [0.717, 1.165) is 11.1 Å². The Labute approximate surface area is 85.6 Å². The molecule has 0 aromatic heterocycles. The maximum Gasteiger partial charge on any atom is 0.108 e. The summed E-state index contributed by atoms with van der Waals surface area (Å²) < 4.78 is 18.5. The molecular weight excluding hydrogens is 179 g/mol. The van der Waals surface area contributed by atoms with Crippen LogP contribution in [0, 0.1) is 0 Å². The molecule has 0 spiro atoms. The maximum atomic E-state index is 12.9. The summed E-state index contributed by atoms with van der Waals surface area (Å²) >= 11 is 0. The summed E-state index contributed by atoms with van der Waals surface area (Å²) in [5.74, 6) is 0. The first-order valence-electron chi connectivity index (χ1n) is 5.04. The Kier molecular flexibility index (Phi) is 3.48. The summed E-state index contributed by atoms with van der Waals surface area (Å²) in [4.78, 5) is 0. The zero-order valence-corrected chi connectivity index (χ0v) is 9.27. The monoisotopic (exact) mass is 198 g/mol. The van der Waals surface area contributed by atoms with Gasteiger partial charge in [0.15, 0.2) is 0 Å². The lowest BCUT2D eigenvalue weighted by Crippen LogP contribution is -2.19. The lowest BCUT2D eigenvalue weighted by Gasteiger charge is -2.18. The van der Waals surface area contributed by atoms with E-state index in [9.17, 15) is 4.39 Å².